The second kappa shape index (κ2) is 12.4. The Kier molecular flexibility index (Phi) is 8.99. The van der Waals surface area contributed by atoms with Crippen LogP contribution in [0.25, 0.3) is 0 Å². The van der Waals surface area contributed by atoms with E-state index >= 15 is 0 Å². The number of aliphatic hydroxyl groups excluding tert-OH is 1. The van der Waals surface area contributed by atoms with Gasteiger partial charge in [-0.2, -0.15) is 0 Å². The third-order valence-electron chi connectivity index (χ3n) is 20.2. The zero-order valence-corrected chi connectivity index (χ0v) is 35.6. The van der Waals surface area contributed by atoms with Gasteiger partial charge >= 0.3 is 5.97 Å². The maximum atomic E-state index is 14.8. The van der Waals surface area contributed by atoms with Gasteiger partial charge < -0.3 is 9.84 Å². The quantitative estimate of drug-likeness (QED) is 0.243. The van der Waals surface area contributed by atoms with E-state index in [1.165, 1.54) is 86.5 Å². The van der Waals surface area contributed by atoms with Gasteiger partial charge in [0.05, 0.1) is 18.1 Å². The minimum Gasteiger partial charge on any atom is -0.465 e. The summed E-state index contributed by atoms with van der Waals surface area (Å²) in [6.07, 6.45) is 17.2. The van der Waals surface area contributed by atoms with E-state index in [-0.39, 0.29) is 44.6 Å². The molecule has 6 fully saturated rings. The van der Waals surface area contributed by atoms with Crippen LogP contribution in [0.1, 0.15) is 182 Å². The molecule has 53 heavy (non-hydrogen) atoms. The van der Waals surface area contributed by atoms with Crippen LogP contribution in [-0.2, 0) is 21.4 Å². The highest BCUT2D eigenvalue weighted by Crippen LogP contribution is 2.77. The van der Waals surface area contributed by atoms with E-state index in [2.05, 4.69) is 94.0 Å². The number of benzene rings is 1. The summed E-state index contributed by atoms with van der Waals surface area (Å²) >= 11 is 0. The Morgan fingerprint density at radius 3 is 2.30 bits per heavy atom. The molecular weight excluding hydrogens is 649 g/mol. The van der Waals surface area contributed by atoms with Crippen molar-refractivity contribution in [1.82, 2.24) is 0 Å². The SMILES string of the molecule is C=C(C)[C@@H]1CC[C@]2(COC(=O)[C@@]3(C)CCC[C@]4(C)c5ccc(C(C)C)cc5CC[C@@H]34)CC[C@]3(C)[C@H](CC[C@@H]4[C@@]5(C)CC[C@H](O)C(C)(C)[C@@H]5CC[C@]43C)[C@@H]12. The van der Waals surface area contributed by atoms with Crippen LogP contribution < -0.4 is 0 Å². The van der Waals surface area contributed by atoms with Gasteiger partial charge in [0.1, 0.15) is 0 Å². The Hall–Kier alpha value is -1.61. The molecule has 1 aromatic rings. The minimum absolute atomic E-state index is 0.0150. The predicted molar refractivity (Wildman–Crippen MR) is 218 cm³/mol. The van der Waals surface area contributed by atoms with E-state index in [1.807, 2.05) is 0 Å². The standard InChI is InChI=1S/C50H76O3/c1-31(2)33-13-15-36-34(29-33)14-17-39-45(36,7)22-12-23-47(39,9)43(52)53-30-50-26-19-35(32(3)4)42(50)37-16-18-40-46(8)24-21-41(51)44(5,6)38(46)20-25-49(40,11)48(37,10)27-28-50/h13,15,29,31,35,37-42,51H,3,12,14,16-28,30H2,1-2,4-11H3/t35-,37+,38-,39+,40+,41-,42+,45+,46-,47-,48+,49+,50+/m0/s1. The van der Waals surface area contributed by atoms with Crippen molar-refractivity contribution in [2.75, 3.05) is 6.61 Å². The summed E-state index contributed by atoms with van der Waals surface area (Å²) in [5.41, 5.74) is 6.29. The fourth-order valence-corrected chi connectivity index (χ4v) is 17.0. The first-order chi connectivity index (χ1) is 24.8. The minimum atomic E-state index is -0.440. The van der Waals surface area contributed by atoms with E-state index in [1.54, 1.807) is 0 Å². The molecule has 0 bridgehead atoms. The molecule has 0 spiro atoms. The zero-order valence-electron chi connectivity index (χ0n) is 35.6. The molecule has 0 radical (unpaired) electrons. The molecule has 1 N–H and O–H groups in total. The molecule has 0 aromatic heterocycles. The fourth-order valence-electron chi connectivity index (χ4n) is 17.0. The summed E-state index contributed by atoms with van der Waals surface area (Å²) < 4.78 is 6.86. The van der Waals surface area contributed by atoms with Gasteiger partial charge in [-0.1, -0.05) is 92.2 Å². The lowest BCUT2D eigenvalue weighted by Crippen LogP contribution is -2.66. The summed E-state index contributed by atoms with van der Waals surface area (Å²) in [5, 5.41) is 11.2. The van der Waals surface area contributed by atoms with Crippen LogP contribution in [0, 0.1) is 68.0 Å². The summed E-state index contributed by atoms with van der Waals surface area (Å²) in [6.45, 7) is 29.7. The van der Waals surface area contributed by atoms with E-state index < -0.39 is 5.41 Å². The molecule has 0 aliphatic heterocycles. The number of hydrogen-bond donors (Lipinski definition) is 1. The van der Waals surface area contributed by atoms with Crippen LogP contribution in [-0.4, -0.2) is 23.8 Å². The van der Waals surface area contributed by atoms with Gasteiger partial charge in [0, 0.05) is 5.41 Å². The number of aryl methyl sites for hydroxylation is 1. The monoisotopic (exact) mass is 725 g/mol. The molecule has 0 saturated heterocycles. The van der Waals surface area contributed by atoms with Gasteiger partial charge in [-0.15, -0.1) is 0 Å². The Morgan fingerprint density at radius 1 is 0.830 bits per heavy atom. The molecular formula is C50H76O3. The van der Waals surface area contributed by atoms with E-state index in [0.717, 1.165) is 32.1 Å². The third kappa shape index (κ3) is 5.15. The van der Waals surface area contributed by atoms with Crippen molar-refractivity contribution in [2.45, 2.75) is 183 Å². The normalized spacial score (nSPS) is 48.3. The highest BCUT2D eigenvalue weighted by Gasteiger charge is 2.71. The van der Waals surface area contributed by atoms with Crippen molar-refractivity contribution in [3.05, 3.63) is 47.0 Å². The number of rotatable bonds is 5. The fraction of sp³-hybridized carbons (Fsp3) is 0.820. The molecule has 8 rings (SSSR count). The molecule has 294 valence electrons. The second-order valence-corrected chi connectivity index (χ2v) is 22.9. The molecule has 13 atom stereocenters. The Labute approximate surface area is 324 Å². The summed E-state index contributed by atoms with van der Waals surface area (Å²) in [7, 11) is 0. The second-order valence-electron chi connectivity index (χ2n) is 22.9. The molecule has 0 heterocycles. The van der Waals surface area contributed by atoms with Crippen LogP contribution in [0.15, 0.2) is 30.4 Å². The Bertz CT molecular complexity index is 1640. The maximum absolute atomic E-state index is 14.8. The Morgan fingerprint density at radius 2 is 1.58 bits per heavy atom. The van der Waals surface area contributed by atoms with E-state index in [4.69, 9.17) is 4.74 Å². The van der Waals surface area contributed by atoms with Gasteiger partial charge in [-0.3, -0.25) is 4.79 Å². The summed E-state index contributed by atoms with van der Waals surface area (Å²) in [6, 6.07) is 7.25. The number of allylic oxidation sites excluding steroid dienone is 1. The van der Waals surface area contributed by atoms with Crippen molar-refractivity contribution in [3.8, 4) is 0 Å². The Balaban J connectivity index is 1.06. The van der Waals surface area contributed by atoms with Gasteiger partial charge in [0.25, 0.3) is 0 Å². The van der Waals surface area contributed by atoms with Crippen LogP contribution >= 0.6 is 0 Å². The molecule has 7 aliphatic rings. The molecule has 0 amide bonds. The zero-order chi connectivity index (χ0) is 38.1. The number of ether oxygens (including phenoxy) is 1. The van der Waals surface area contributed by atoms with Gasteiger partial charge in [0.2, 0.25) is 0 Å². The largest absolute Gasteiger partial charge is 0.465 e. The summed E-state index contributed by atoms with van der Waals surface area (Å²) in [5.74, 6) is 3.95. The molecule has 3 nitrogen and oxygen atoms in total. The average Bonchev–Trinajstić information content (AvgIpc) is 3.49. The van der Waals surface area contributed by atoms with Crippen molar-refractivity contribution in [3.63, 3.8) is 0 Å². The lowest BCUT2D eigenvalue weighted by atomic mass is 9.32. The highest BCUT2D eigenvalue weighted by atomic mass is 16.5. The first kappa shape index (κ1) is 38.3. The first-order valence-corrected chi connectivity index (χ1v) is 22.4. The van der Waals surface area contributed by atoms with Gasteiger partial charge in [0.15, 0.2) is 0 Å². The number of carbonyl (C=O) groups excluding carboxylic acids is 1. The van der Waals surface area contributed by atoms with Crippen LogP contribution in [0.4, 0.5) is 0 Å². The van der Waals surface area contributed by atoms with Crippen molar-refractivity contribution >= 4 is 5.97 Å². The molecule has 7 aliphatic carbocycles. The number of esters is 1. The van der Waals surface area contributed by atoms with Crippen LogP contribution in [0.5, 0.6) is 0 Å². The van der Waals surface area contributed by atoms with Gasteiger partial charge in [-0.05, 0) is 189 Å². The van der Waals surface area contributed by atoms with E-state index in [9.17, 15) is 9.90 Å². The van der Waals surface area contributed by atoms with Crippen LogP contribution in [0.3, 0.4) is 0 Å². The maximum Gasteiger partial charge on any atom is 0.312 e. The highest BCUT2D eigenvalue weighted by molar-refractivity contribution is 5.77. The lowest BCUT2D eigenvalue weighted by molar-refractivity contribution is -0.250. The van der Waals surface area contributed by atoms with Crippen LogP contribution in [0.2, 0.25) is 0 Å². The number of aliphatic hydroxyl groups is 1. The average molecular weight is 725 g/mol. The van der Waals surface area contributed by atoms with Gasteiger partial charge in [-0.25, -0.2) is 0 Å². The number of hydrogen-bond acceptors (Lipinski definition) is 3. The molecule has 6 saturated carbocycles. The molecule has 0 unspecified atom stereocenters. The first-order valence-electron chi connectivity index (χ1n) is 22.4. The summed E-state index contributed by atoms with van der Waals surface area (Å²) in [4.78, 5) is 14.8. The molecule has 3 heteroatoms. The van der Waals surface area contributed by atoms with Crippen molar-refractivity contribution < 1.29 is 14.6 Å². The molecule has 1 aromatic carbocycles. The smallest absolute Gasteiger partial charge is 0.312 e. The topological polar surface area (TPSA) is 46.5 Å². The van der Waals surface area contributed by atoms with E-state index in [0.29, 0.717) is 48.0 Å². The number of carbonyl (C=O) groups is 1. The lowest BCUT2D eigenvalue weighted by Gasteiger charge is -2.73. The number of fused-ring (bicyclic) bond motifs is 10. The van der Waals surface area contributed by atoms with Crippen molar-refractivity contribution in [1.29, 1.82) is 0 Å². The third-order valence-corrected chi connectivity index (χ3v) is 20.2. The predicted octanol–water partition coefficient (Wildman–Crippen LogP) is 12.4. The van der Waals surface area contributed by atoms with Crippen molar-refractivity contribution in [2.24, 2.45) is 68.0 Å².